The molecule has 108 valence electrons. The van der Waals surface area contributed by atoms with Crippen molar-refractivity contribution in [2.75, 3.05) is 0 Å². The summed E-state index contributed by atoms with van der Waals surface area (Å²) in [6.07, 6.45) is 1.94. The molecule has 0 bridgehead atoms. The predicted octanol–water partition coefficient (Wildman–Crippen LogP) is 2.83. The third kappa shape index (κ3) is 3.83. The van der Waals surface area contributed by atoms with Gasteiger partial charge in [0.15, 0.2) is 3.86 Å². The highest BCUT2D eigenvalue weighted by molar-refractivity contribution is 9.24. The Labute approximate surface area is 131 Å². The number of alkyl halides is 2. The first-order chi connectivity index (χ1) is 9.40. The highest BCUT2D eigenvalue weighted by Gasteiger charge is 2.31. The summed E-state index contributed by atoms with van der Waals surface area (Å²) in [5.41, 5.74) is -0.231. The van der Waals surface area contributed by atoms with Crippen LogP contribution < -0.4 is 0 Å². The van der Waals surface area contributed by atoms with Crippen molar-refractivity contribution in [3.05, 3.63) is 34.0 Å². The van der Waals surface area contributed by atoms with Crippen molar-refractivity contribution >= 4 is 49.5 Å². The summed E-state index contributed by atoms with van der Waals surface area (Å²) in [6, 6.07) is 2.67. The Hall–Kier alpha value is -1.35. The van der Waals surface area contributed by atoms with E-state index in [9.17, 15) is 19.7 Å². The highest BCUT2D eigenvalue weighted by atomic mass is 79.9. The molecule has 0 saturated heterocycles. The second kappa shape index (κ2) is 7.44. The van der Waals surface area contributed by atoms with Crippen LogP contribution in [0.25, 0.3) is 0 Å². The fourth-order valence-electron chi connectivity index (χ4n) is 1.48. The quantitative estimate of drug-likeness (QED) is 0.323. The monoisotopic (exact) mass is 407 g/mol. The molecule has 0 aliphatic heterocycles. The molecule has 0 unspecified atom stereocenters. The Morgan fingerprint density at radius 3 is 2.65 bits per heavy atom. The van der Waals surface area contributed by atoms with Crippen molar-refractivity contribution in [2.45, 2.75) is 23.6 Å². The van der Waals surface area contributed by atoms with E-state index >= 15 is 0 Å². The van der Waals surface area contributed by atoms with Crippen molar-refractivity contribution in [2.24, 2.45) is 0 Å². The minimum atomic E-state index is -0.776. The number of hydrogen-bond donors (Lipinski definition) is 0. The average Bonchev–Trinajstić information content (AvgIpc) is 2.38. The Kier molecular flexibility index (Phi) is 6.21. The zero-order chi connectivity index (χ0) is 15.3. The molecular weight excluding hydrogens is 398 g/mol. The van der Waals surface area contributed by atoms with Crippen molar-refractivity contribution in [1.82, 2.24) is 9.88 Å². The average molecular weight is 409 g/mol. The van der Waals surface area contributed by atoms with Crippen molar-refractivity contribution < 1.29 is 14.5 Å². The van der Waals surface area contributed by atoms with Crippen LogP contribution >= 0.6 is 31.9 Å². The maximum absolute atomic E-state index is 12.3. The van der Waals surface area contributed by atoms with Crippen LogP contribution in [0, 0.1) is 10.1 Å². The van der Waals surface area contributed by atoms with Gasteiger partial charge in [0.2, 0.25) is 5.91 Å². The minimum Gasteiger partial charge on any atom is -0.358 e. The number of carbonyl (C=O) groups excluding carboxylic acids is 2. The molecule has 0 spiro atoms. The van der Waals surface area contributed by atoms with Gasteiger partial charge in [0, 0.05) is 6.42 Å². The van der Waals surface area contributed by atoms with Gasteiger partial charge < -0.3 is 10.1 Å². The van der Waals surface area contributed by atoms with Gasteiger partial charge in [0.25, 0.3) is 5.91 Å². The molecule has 0 saturated carbocycles. The van der Waals surface area contributed by atoms with E-state index in [1.54, 1.807) is 6.92 Å². The van der Waals surface area contributed by atoms with Crippen LogP contribution in [0.5, 0.6) is 0 Å². The smallest absolute Gasteiger partial charge is 0.358 e. The topological polar surface area (TPSA) is 93.4 Å². The fourth-order valence-corrected chi connectivity index (χ4v) is 2.31. The summed E-state index contributed by atoms with van der Waals surface area (Å²) in [7, 11) is 0. The molecular formula is C11H11Br2N3O4. The third-order valence-electron chi connectivity index (χ3n) is 2.34. The molecule has 20 heavy (non-hydrogen) atoms. The lowest BCUT2D eigenvalue weighted by molar-refractivity contribution is -0.389. The van der Waals surface area contributed by atoms with Gasteiger partial charge in [-0.25, -0.2) is 0 Å². The summed E-state index contributed by atoms with van der Waals surface area (Å²) in [6.45, 7) is 1.80. The van der Waals surface area contributed by atoms with E-state index in [4.69, 9.17) is 0 Å². The molecule has 0 fully saturated rings. The molecule has 1 aromatic heterocycles. The Morgan fingerprint density at radius 2 is 2.15 bits per heavy atom. The number of pyridine rings is 1. The number of hydrogen-bond acceptors (Lipinski definition) is 5. The number of nitrogens with zero attached hydrogens (tertiary/aromatic N) is 3. The van der Waals surface area contributed by atoms with Gasteiger partial charge in [-0.05, 0) is 28.5 Å². The molecule has 1 aromatic rings. The zero-order valence-electron chi connectivity index (χ0n) is 10.5. The summed E-state index contributed by atoms with van der Waals surface area (Å²) in [5.74, 6) is -1.79. The molecule has 0 radical (unpaired) electrons. The fraction of sp³-hybridized carbons (Fsp3) is 0.364. The van der Waals surface area contributed by atoms with E-state index in [-0.39, 0.29) is 12.0 Å². The van der Waals surface area contributed by atoms with Crippen LogP contribution in [0.1, 0.15) is 30.1 Å². The van der Waals surface area contributed by atoms with Gasteiger partial charge in [-0.15, -0.1) is 0 Å². The Balaban J connectivity index is 3.20. The maximum Gasteiger partial charge on any atom is 0.376 e. The third-order valence-corrected chi connectivity index (χ3v) is 3.16. The summed E-state index contributed by atoms with van der Waals surface area (Å²) >= 11 is 6.16. The van der Waals surface area contributed by atoms with Gasteiger partial charge >= 0.3 is 5.82 Å². The largest absolute Gasteiger partial charge is 0.376 e. The van der Waals surface area contributed by atoms with Gasteiger partial charge in [0.1, 0.15) is 11.8 Å². The van der Waals surface area contributed by atoms with Crippen molar-refractivity contribution in [3.63, 3.8) is 0 Å². The molecule has 0 aliphatic carbocycles. The van der Waals surface area contributed by atoms with Gasteiger partial charge in [-0.3, -0.25) is 14.5 Å². The SMILES string of the molecule is CCCC(=O)N(C(=O)c1cccnc1[N+](=O)[O-])C(Br)Br. The maximum atomic E-state index is 12.3. The first kappa shape index (κ1) is 16.7. The number of aromatic nitrogens is 1. The normalized spacial score (nSPS) is 10.4. The molecule has 7 nitrogen and oxygen atoms in total. The zero-order valence-corrected chi connectivity index (χ0v) is 13.6. The molecule has 2 amide bonds. The molecule has 0 aromatic carbocycles. The first-order valence-corrected chi connectivity index (χ1v) is 7.47. The lowest BCUT2D eigenvalue weighted by Crippen LogP contribution is -2.39. The number of amides is 2. The number of nitro groups is 1. The van der Waals surface area contributed by atoms with Crippen LogP contribution in [0.15, 0.2) is 18.3 Å². The van der Waals surface area contributed by atoms with Gasteiger partial charge in [-0.2, -0.15) is 0 Å². The van der Waals surface area contributed by atoms with Crippen molar-refractivity contribution in [1.29, 1.82) is 0 Å². The number of halogens is 2. The molecule has 0 atom stereocenters. The molecule has 1 rings (SSSR count). The van der Waals surface area contributed by atoms with E-state index < -0.39 is 26.4 Å². The lowest BCUT2D eigenvalue weighted by atomic mass is 10.2. The van der Waals surface area contributed by atoms with E-state index in [2.05, 4.69) is 36.8 Å². The summed E-state index contributed by atoms with van der Waals surface area (Å²) in [4.78, 5) is 38.8. The van der Waals surface area contributed by atoms with E-state index in [1.807, 2.05) is 0 Å². The second-order valence-electron chi connectivity index (χ2n) is 3.73. The minimum absolute atomic E-state index is 0.160. The highest BCUT2D eigenvalue weighted by Crippen LogP contribution is 2.23. The molecule has 0 N–H and O–H groups in total. The van der Waals surface area contributed by atoms with Crippen LogP contribution in [0.3, 0.4) is 0 Å². The van der Waals surface area contributed by atoms with Crippen molar-refractivity contribution in [3.8, 4) is 0 Å². The van der Waals surface area contributed by atoms with Crippen LogP contribution in [-0.2, 0) is 4.79 Å². The molecule has 9 heteroatoms. The first-order valence-electron chi connectivity index (χ1n) is 5.64. The standard InChI is InChI=1S/C11H11Br2N3O4/c1-2-4-8(17)15(11(12)13)10(18)7-5-3-6-14-9(7)16(19)20/h3,5-6,11H,2,4H2,1H3. The van der Waals surface area contributed by atoms with Crippen LogP contribution in [0.4, 0.5) is 5.82 Å². The number of rotatable bonds is 5. The summed E-state index contributed by atoms with van der Waals surface area (Å²) in [5, 5.41) is 10.9. The lowest BCUT2D eigenvalue weighted by Gasteiger charge is -2.21. The molecule has 0 aliphatic rings. The van der Waals surface area contributed by atoms with E-state index in [0.717, 1.165) is 4.90 Å². The van der Waals surface area contributed by atoms with E-state index in [1.165, 1.54) is 18.3 Å². The Morgan fingerprint density at radius 1 is 1.50 bits per heavy atom. The van der Waals surface area contributed by atoms with Gasteiger partial charge in [-0.1, -0.05) is 38.8 Å². The summed E-state index contributed by atoms with van der Waals surface area (Å²) < 4.78 is -0.749. The van der Waals surface area contributed by atoms with Crippen LogP contribution in [-0.4, -0.2) is 30.5 Å². The van der Waals surface area contributed by atoms with Gasteiger partial charge in [0.05, 0.1) is 0 Å². The number of imide groups is 1. The van der Waals surface area contributed by atoms with E-state index in [0.29, 0.717) is 6.42 Å². The Bertz CT molecular complexity index is 536. The van der Waals surface area contributed by atoms with Crippen LogP contribution in [0.2, 0.25) is 0 Å². The predicted molar refractivity (Wildman–Crippen MR) is 78.6 cm³/mol. The molecule has 1 heterocycles. The number of carbonyl (C=O) groups is 2. The second-order valence-corrected chi connectivity index (χ2v) is 6.69.